The van der Waals surface area contributed by atoms with Gasteiger partial charge < -0.3 is 14.7 Å². The molecule has 0 atom stereocenters. The van der Waals surface area contributed by atoms with Crippen LogP contribution in [0.5, 0.6) is 0 Å². The third kappa shape index (κ3) is 3.42. The van der Waals surface area contributed by atoms with Crippen molar-refractivity contribution in [1.82, 2.24) is 14.9 Å². The monoisotopic (exact) mass is 385 g/mol. The summed E-state index contributed by atoms with van der Waals surface area (Å²) in [4.78, 5) is 28.2. The molecule has 0 unspecified atom stereocenters. The van der Waals surface area contributed by atoms with Crippen molar-refractivity contribution in [3.63, 3.8) is 0 Å². The van der Waals surface area contributed by atoms with Crippen LogP contribution in [0.25, 0.3) is 0 Å². The number of amides is 1. The van der Waals surface area contributed by atoms with Gasteiger partial charge in [0.25, 0.3) is 5.91 Å². The maximum atomic E-state index is 12.9. The quantitative estimate of drug-likeness (QED) is 0.693. The molecule has 0 spiro atoms. The average molecular weight is 385 g/mol. The van der Waals surface area contributed by atoms with Crippen molar-refractivity contribution in [2.45, 2.75) is 6.42 Å². The van der Waals surface area contributed by atoms with Crippen LogP contribution in [0, 0.1) is 0 Å². The van der Waals surface area contributed by atoms with Gasteiger partial charge >= 0.3 is 0 Å². The van der Waals surface area contributed by atoms with Gasteiger partial charge in [0.15, 0.2) is 5.82 Å². The van der Waals surface area contributed by atoms with Gasteiger partial charge in [0.1, 0.15) is 5.69 Å². The number of aromatic nitrogens is 2. The molecule has 29 heavy (non-hydrogen) atoms. The van der Waals surface area contributed by atoms with Crippen LogP contribution >= 0.6 is 0 Å². The lowest BCUT2D eigenvalue weighted by Crippen LogP contribution is -2.49. The summed E-state index contributed by atoms with van der Waals surface area (Å²) < 4.78 is 0. The fourth-order valence-corrected chi connectivity index (χ4v) is 4.12. The first-order valence-corrected chi connectivity index (χ1v) is 10.1. The molecule has 3 aromatic rings. The Morgan fingerprint density at radius 2 is 1.55 bits per heavy atom. The Hall–Kier alpha value is -3.41. The standard InChI is InChI=1S/C23H23N5O/c29-23(27-14-12-26(13-15-27)19-7-2-1-3-8-19)20-16-25-22(17-24-20)28-11-10-18-6-4-5-9-21(18)28/h1-9,16-17H,10-15H2. The number of para-hydroxylation sites is 2. The zero-order chi connectivity index (χ0) is 19.6. The van der Waals surface area contributed by atoms with Gasteiger partial charge in [-0.3, -0.25) is 4.79 Å². The lowest BCUT2D eigenvalue weighted by Gasteiger charge is -2.36. The van der Waals surface area contributed by atoms with E-state index >= 15 is 0 Å². The van der Waals surface area contributed by atoms with E-state index in [1.807, 2.05) is 29.2 Å². The SMILES string of the molecule is O=C(c1cnc(N2CCc3ccccc32)cn1)N1CCN(c2ccccc2)CC1. The normalized spacial score (nSPS) is 16.1. The summed E-state index contributed by atoms with van der Waals surface area (Å²) in [6.07, 6.45) is 4.34. The summed E-state index contributed by atoms with van der Waals surface area (Å²) in [6.45, 7) is 3.92. The molecule has 0 N–H and O–H groups in total. The number of benzene rings is 2. The number of rotatable bonds is 3. The predicted molar refractivity (Wildman–Crippen MR) is 114 cm³/mol. The van der Waals surface area contributed by atoms with Crippen molar-refractivity contribution in [3.05, 3.63) is 78.2 Å². The number of carbonyl (C=O) groups is 1. The number of carbonyl (C=O) groups excluding carboxylic acids is 1. The van der Waals surface area contributed by atoms with Crippen LogP contribution < -0.4 is 9.80 Å². The molecule has 0 aliphatic carbocycles. The Balaban J connectivity index is 1.25. The number of hydrogen-bond acceptors (Lipinski definition) is 5. The number of anilines is 3. The molecule has 1 saturated heterocycles. The zero-order valence-electron chi connectivity index (χ0n) is 16.2. The third-order valence-corrected chi connectivity index (χ3v) is 5.71. The van der Waals surface area contributed by atoms with Gasteiger partial charge in [-0.05, 0) is 30.2 Å². The molecule has 146 valence electrons. The van der Waals surface area contributed by atoms with Crippen LogP contribution in [-0.2, 0) is 6.42 Å². The topological polar surface area (TPSA) is 52.6 Å². The average Bonchev–Trinajstić information content (AvgIpc) is 3.24. The summed E-state index contributed by atoms with van der Waals surface area (Å²) in [5.41, 5.74) is 4.12. The highest BCUT2D eigenvalue weighted by Crippen LogP contribution is 2.32. The predicted octanol–water partition coefficient (Wildman–Crippen LogP) is 3.13. The summed E-state index contributed by atoms with van der Waals surface area (Å²) in [5, 5.41) is 0. The van der Waals surface area contributed by atoms with E-state index in [0.717, 1.165) is 31.9 Å². The summed E-state index contributed by atoms with van der Waals surface area (Å²) in [6, 6.07) is 18.7. The second-order valence-corrected chi connectivity index (χ2v) is 7.40. The van der Waals surface area contributed by atoms with Crippen molar-refractivity contribution < 1.29 is 4.79 Å². The third-order valence-electron chi connectivity index (χ3n) is 5.71. The van der Waals surface area contributed by atoms with E-state index in [9.17, 15) is 4.79 Å². The summed E-state index contributed by atoms with van der Waals surface area (Å²) >= 11 is 0. The second kappa shape index (κ2) is 7.54. The van der Waals surface area contributed by atoms with Crippen LogP contribution in [-0.4, -0.2) is 53.5 Å². The molecule has 6 heteroatoms. The van der Waals surface area contributed by atoms with Crippen molar-refractivity contribution >= 4 is 23.1 Å². The molecule has 0 bridgehead atoms. The fourth-order valence-electron chi connectivity index (χ4n) is 4.12. The van der Waals surface area contributed by atoms with Crippen LogP contribution in [0.3, 0.4) is 0 Å². The number of nitrogens with zero attached hydrogens (tertiary/aromatic N) is 5. The zero-order valence-corrected chi connectivity index (χ0v) is 16.2. The van der Waals surface area contributed by atoms with Gasteiger partial charge in [0, 0.05) is 44.1 Å². The van der Waals surface area contributed by atoms with Crippen LogP contribution in [0.1, 0.15) is 16.1 Å². The first kappa shape index (κ1) is 17.7. The van der Waals surface area contributed by atoms with Gasteiger partial charge in [-0.2, -0.15) is 0 Å². The highest BCUT2D eigenvalue weighted by molar-refractivity contribution is 5.92. The molecule has 1 fully saturated rings. The second-order valence-electron chi connectivity index (χ2n) is 7.40. The van der Waals surface area contributed by atoms with Crippen molar-refractivity contribution in [1.29, 1.82) is 0 Å². The van der Waals surface area contributed by atoms with Crippen molar-refractivity contribution in [2.75, 3.05) is 42.5 Å². The van der Waals surface area contributed by atoms with Gasteiger partial charge in [0.05, 0.1) is 12.4 Å². The minimum absolute atomic E-state index is 0.0430. The number of hydrogen-bond donors (Lipinski definition) is 0. The molecule has 3 heterocycles. The molecular formula is C23H23N5O. The van der Waals surface area contributed by atoms with E-state index < -0.39 is 0 Å². The van der Waals surface area contributed by atoms with E-state index in [0.29, 0.717) is 18.8 Å². The molecule has 0 radical (unpaired) electrons. The van der Waals surface area contributed by atoms with Crippen LogP contribution in [0.2, 0.25) is 0 Å². The maximum Gasteiger partial charge on any atom is 0.274 e. The van der Waals surface area contributed by atoms with Gasteiger partial charge in [0.2, 0.25) is 0 Å². The fraction of sp³-hybridized carbons (Fsp3) is 0.261. The Morgan fingerprint density at radius 3 is 2.31 bits per heavy atom. The first-order valence-electron chi connectivity index (χ1n) is 10.1. The minimum atomic E-state index is -0.0430. The molecule has 2 aromatic carbocycles. The van der Waals surface area contributed by atoms with E-state index in [1.165, 1.54) is 16.9 Å². The molecule has 2 aliphatic heterocycles. The summed E-state index contributed by atoms with van der Waals surface area (Å²) in [5.74, 6) is 0.749. The van der Waals surface area contributed by atoms with Crippen molar-refractivity contribution in [2.24, 2.45) is 0 Å². The minimum Gasteiger partial charge on any atom is -0.368 e. The highest BCUT2D eigenvalue weighted by atomic mass is 16.2. The molecular weight excluding hydrogens is 362 g/mol. The first-order chi connectivity index (χ1) is 14.3. The Kier molecular flexibility index (Phi) is 4.60. The van der Waals surface area contributed by atoms with Crippen molar-refractivity contribution in [3.8, 4) is 0 Å². The van der Waals surface area contributed by atoms with E-state index in [1.54, 1.807) is 12.4 Å². The Morgan fingerprint density at radius 1 is 0.793 bits per heavy atom. The number of piperazine rings is 1. The maximum absolute atomic E-state index is 12.9. The molecule has 2 aliphatic rings. The van der Waals surface area contributed by atoms with Gasteiger partial charge in [-0.1, -0.05) is 36.4 Å². The highest BCUT2D eigenvalue weighted by Gasteiger charge is 2.25. The van der Waals surface area contributed by atoms with E-state index in [-0.39, 0.29) is 5.91 Å². The molecule has 0 saturated carbocycles. The molecule has 1 aromatic heterocycles. The van der Waals surface area contributed by atoms with Crippen LogP contribution in [0.15, 0.2) is 67.0 Å². The van der Waals surface area contributed by atoms with E-state index in [4.69, 9.17) is 0 Å². The van der Waals surface area contributed by atoms with Gasteiger partial charge in [-0.25, -0.2) is 9.97 Å². The lowest BCUT2D eigenvalue weighted by molar-refractivity contribution is 0.0740. The lowest BCUT2D eigenvalue weighted by atomic mass is 10.2. The summed E-state index contributed by atoms with van der Waals surface area (Å²) in [7, 11) is 0. The molecule has 6 nitrogen and oxygen atoms in total. The van der Waals surface area contributed by atoms with E-state index in [2.05, 4.69) is 50.1 Å². The molecule has 5 rings (SSSR count). The smallest absolute Gasteiger partial charge is 0.274 e. The Bertz CT molecular complexity index is 997. The Labute approximate surface area is 170 Å². The largest absolute Gasteiger partial charge is 0.368 e. The van der Waals surface area contributed by atoms with Crippen LogP contribution in [0.4, 0.5) is 17.2 Å². The molecule has 1 amide bonds. The van der Waals surface area contributed by atoms with Gasteiger partial charge in [-0.15, -0.1) is 0 Å². The number of fused-ring (bicyclic) bond motifs is 1.